The number of hydrogen-bond donors (Lipinski definition) is 1. The van der Waals surface area contributed by atoms with Crippen molar-refractivity contribution in [1.82, 2.24) is 10.2 Å². The van der Waals surface area contributed by atoms with Crippen LogP contribution < -0.4 is 14.8 Å². The normalized spacial score (nSPS) is 12.6. The van der Waals surface area contributed by atoms with Crippen LogP contribution >= 0.6 is 0 Å². The second kappa shape index (κ2) is 11.2. The van der Waals surface area contributed by atoms with Crippen molar-refractivity contribution >= 4 is 11.8 Å². The lowest BCUT2D eigenvalue weighted by Crippen LogP contribution is -2.50. The van der Waals surface area contributed by atoms with Gasteiger partial charge >= 0.3 is 0 Å². The van der Waals surface area contributed by atoms with Crippen LogP contribution in [0, 0.1) is 6.92 Å². The molecule has 2 atom stereocenters. The van der Waals surface area contributed by atoms with Crippen LogP contribution in [-0.4, -0.2) is 42.5 Å². The molecule has 0 saturated heterocycles. The van der Waals surface area contributed by atoms with E-state index in [2.05, 4.69) is 5.32 Å². The molecule has 2 aromatic rings. The largest absolute Gasteiger partial charge is 0.493 e. The fraction of sp³-hybridized carbons (Fsp3) is 0.417. The lowest BCUT2D eigenvalue weighted by Gasteiger charge is -2.30. The van der Waals surface area contributed by atoms with Crippen LogP contribution in [0.2, 0.25) is 0 Å². The summed E-state index contributed by atoms with van der Waals surface area (Å²) in [4.78, 5) is 27.4. The summed E-state index contributed by atoms with van der Waals surface area (Å²) >= 11 is 0. The predicted molar refractivity (Wildman–Crippen MR) is 118 cm³/mol. The summed E-state index contributed by atoms with van der Waals surface area (Å²) in [6.07, 6.45) is 0.821. The Morgan fingerprint density at radius 1 is 1.03 bits per heavy atom. The molecule has 0 aliphatic heterocycles. The molecule has 0 aliphatic rings. The van der Waals surface area contributed by atoms with Crippen molar-refractivity contribution in [2.24, 2.45) is 0 Å². The first-order valence-corrected chi connectivity index (χ1v) is 10.3. The molecule has 2 rings (SSSR count). The molecule has 0 unspecified atom stereocenters. The maximum absolute atomic E-state index is 13.1. The van der Waals surface area contributed by atoms with Crippen LogP contribution in [0.4, 0.5) is 0 Å². The topological polar surface area (TPSA) is 67.9 Å². The molecule has 2 amide bonds. The second-order valence-electron chi connectivity index (χ2n) is 7.38. The molecule has 162 valence electrons. The van der Waals surface area contributed by atoms with Gasteiger partial charge in [0.1, 0.15) is 6.04 Å². The van der Waals surface area contributed by atoms with Crippen molar-refractivity contribution in [1.29, 1.82) is 0 Å². The number of para-hydroxylation sites is 2. The first-order chi connectivity index (χ1) is 14.4. The van der Waals surface area contributed by atoms with Crippen molar-refractivity contribution in [2.75, 3.05) is 13.7 Å². The Bertz CT molecular complexity index is 853. The summed E-state index contributed by atoms with van der Waals surface area (Å²) in [5.74, 6) is 0.596. The molecular weight excluding hydrogens is 380 g/mol. The summed E-state index contributed by atoms with van der Waals surface area (Å²) in [6.45, 7) is 7.84. The molecule has 6 nitrogen and oxygen atoms in total. The lowest BCUT2D eigenvalue weighted by atomic mass is 10.1. The van der Waals surface area contributed by atoms with Gasteiger partial charge in [0.2, 0.25) is 5.91 Å². The van der Waals surface area contributed by atoms with Crippen molar-refractivity contribution in [3.63, 3.8) is 0 Å². The summed E-state index contributed by atoms with van der Waals surface area (Å²) in [5, 5.41) is 2.96. The first-order valence-electron chi connectivity index (χ1n) is 10.3. The van der Waals surface area contributed by atoms with Gasteiger partial charge in [0.05, 0.1) is 7.11 Å². The molecule has 0 heterocycles. The number of amides is 2. The Morgan fingerprint density at radius 2 is 1.67 bits per heavy atom. The molecule has 6 heteroatoms. The summed E-state index contributed by atoms with van der Waals surface area (Å²) in [6, 6.07) is 14.4. The van der Waals surface area contributed by atoms with E-state index >= 15 is 0 Å². The van der Waals surface area contributed by atoms with Crippen LogP contribution in [0.5, 0.6) is 11.5 Å². The van der Waals surface area contributed by atoms with E-state index in [0.717, 1.165) is 17.5 Å². The highest BCUT2D eigenvalue weighted by atomic mass is 16.5. The number of nitrogens with one attached hydrogen (secondary N) is 1. The predicted octanol–water partition coefficient (Wildman–Crippen LogP) is 3.71. The Morgan fingerprint density at radius 3 is 2.30 bits per heavy atom. The lowest BCUT2D eigenvalue weighted by molar-refractivity contribution is -0.142. The number of rotatable bonds is 10. The van der Waals surface area contributed by atoms with Gasteiger partial charge in [0, 0.05) is 12.6 Å². The standard InChI is InChI=1S/C24H32N2O4/c1-6-18(3)25-24(28)19(4)26(15-20-12-8-7-11-17(20)2)23(27)16-30-22-14-10-9-13-21(22)29-5/h7-14,18-19H,6,15-16H2,1-5H3,(H,25,28)/t18-,19+/m0/s1. The summed E-state index contributed by atoms with van der Waals surface area (Å²) in [7, 11) is 1.55. The average Bonchev–Trinajstić information content (AvgIpc) is 2.76. The minimum absolute atomic E-state index is 0.0418. The van der Waals surface area contributed by atoms with E-state index in [9.17, 15) is 9.59 Å². The Hall–Kier alpha value is -3.02. The number of carbonyl (C=O) groups is 2. The smallest absolute Gasteiger partial charge is 0.261 e. The maximum atomic E-state index is 13.1. The van der Waals surface area contributed by atoms with Crippen molar-refractivity contribution in [3.8, 4) is 11.5 Å². The van der Waals surface area contributed by atoms with Crippen molar-refractivity contribution in [3.05, 3.63) is 59.7 Å². The van der Waals surface area contributed by atoms with Gasteiger partial charge in [-0.3, -0.25) is 9.59 Å². The van der Waals surface area contributed by atoms with Crippen LogP contribution in [0.25, 0.3) is 0 Å². The molecule has 0 aliphatic carbocycles. The third kappa shape index (κ3) is 6.24. The highest BCUT2D eigenvalue weighted by molar-refractivity contribution is 5.88. The second-order valence-corrected chi connectivity index (χ2v) is 7.38. The van der Waals surface area contributed by atoms with Gasteiger partial charge in [0.15, 0.2) is 18.1 Å². The van der Waals surface area contributed by atoms with E-state index in [4.69, 9.17) is 9.47 Å². The fourth-order valence-electron chi connectivity index (χ4n) is 2.98. The minimum Gasteiger partial charge on any atom is -0.493 e. The number of benzene rings is 2. The van der Waals surface area contributed by atoms with Gasteiger partial charge in [-0.05, 0) is 50.5 Å². The van der Waals surface area contributed by atoms with Crippen LogP contribution in [-0.2, 0) is 16.1 Å². The minimum atomic E-state index is -0.632. The van der Waals surface area contributed by atoms with Crippen LogP contribution in [0.15, 0.2) is 48.5 Å². The van der Waals surface area contributed by atoms with Gasteiger partial charge in [-0.1, -0.05) is 43.3 Å². The number of aryl methyl sites for hydroxylation is 1. The highest BCUT2D eigenvalue weighted by Gasteiger charge is 2.27. The Labute approximate surface area is 179 Å². The molecule has 0 saturated carbocycles. The zero-order valence-corrected chi connectivity index (χ0v) is 18.5. The zero-order valence-electron chi connectivity index (χ0n) is 18.5. The molecule has 1 N–H and O–H groups in total. The Balaban J connectivity index is 2.19. The SMILES string of the molecule is CC[C@H](C)NC(=O)[C@@H](C)N(Cc1ccccc1C)C(=O)COc1ccccc1OC. The monoisotopic (exact) mass is 412 g/mol. The van der Waals surface area contributed by atoms with Crippen molar-refractivity contribution < 1.29 is 19.1 Å². The van der Waals surface area contributed by atoms with Crippen molar-refractivity contribution in [2.45, 2.75) is 52.7 Å². The average molecular weight is 413 g/mol. The van der Waals surface area contributed by atoms with Crippen LogP contribution in [0.1, 0.15) is 38.3 Å². The molecule has 0 aromatic heterocycles. The third-order valence-corrected chi connectivity index (χ3v) is 5.19. The molecule has 2 aromatic carbocycles. The highest BCUT2D eigenvalue weighted by Crippen LogP contribution is 2.26. The summed E-state index contributed by atoms with van der Waals surface area (Å²) in [5.41, 5.74) is 2.06. The van der Waals surface area contributed by atoms with E-state index in [0.29, 0.717) is 18.0 Å². The fourth-order valence-corrected chi connectivity index (χ4v) is 2.98. The van der Waals surface area contributed by atoms with E-state index in [1.165, 1.54) is 0 Å². The third-order valence-electron chi connectivity index (χ3n) is 5.19. The van der Waals surface area contributed by atoms with Crippen LogP contribution in [0.3, 0.4) is 0 Å². The number of methoxy groups -OCH3 is 1. The molecule has 30 heavy (non-hydrogen) atoms. The maximum Gasteiger partial charge on any atom is 0.261 e. The Kier molecular flexibility index (Phi) is 8.71. The van der Waals surface area contributed by atoms with E-state index < -0.39 is 6.04 Å². The molecule has 0 radical (unpaired) electrons. The number of nitrogens with zero attached hydrogens (tertiary/aromatic N) is 1. The number of ether oxygens (including phenoxy) is 2. The number of carbonyl (C=O) groups excluding carboxylic acids is 2. The van der Waals surface area contributed by atoms with Gasteiger partial charge in [-0.15, -0.1) is 0 Å². The van der Waals surface area contributed by atoms with Gasteiger partial charge in [0.25, 0.3) is 5.91 Å². The van der Waals surface area contributed by atoms with E-state index in [-0.39, 0.29) is 24.5 Å². The van der Waals surface area contributed by atoms with E-state index in [1.807, 2.05) is 57.2 Å². The molecule has 0 bridgehead atoms. The molecule has 0 fully saturated rings. The summed E-state index contributed by atoms with van der Waals surface area (Å²) < 4.78 is 11.0. The first kappa shape index (κ1) is 23.3. The van der Waals surface area contributed by atoms with E-state index in [1.54, 1.807) is 31.1 Å². The van der Waals surface area contributed by atoms with Gasteiger partial charge in [-0.2, -0.15) is 0 Å². The van der Waals surface area contributed by atoms with Gasteiger partial charge < -0.3 is 19.7 Å². The van der Waals surface area contributed by atoms with Gasteiger partial charge in [-0.25, -0.2) is 0 Å². The quantitative estimate of drug-likeness (QED) is 0.646. The molecular formula is C24H32N2O4. The number of hydrogen-bond acceptors (Lipinski definition) is 4. The molecule has 0 spiro atoms. The zero-order chi connectivity index (χ0) is 22.1.